The van der Waals surface area contributed by atoms with Crippen LogP contribution in [-0.4, -0.2) is 17.1 Å². The molecule has 0 N–H and O–H groups in total. The molecule has 0 fully saturated rings. The number of nitrogens with zero attached hydrogens (tertiary/aromatic N) is 3. The normalized spacial score (nSPS) is 9.61. The van der Waals surface area contributed by atoms with E-state index in [1.165, 1.54) is 13.4 Å². The Morgan fingerprint density at radius 1 is 1.22 bits per heavy atom. The largest absolute Gasteiger partial charge is 0.489 e. The van der Waals surface area contributed by atoms with Gasteiger partial charge in [0.15, 0.2) is 10.8 Å². The van der Waals surface area contributed by atoms with Gasteiger partial charge in [-0.3, -0.25) is 0 Å². The summed E-state index contributed by atoms with van der Waals surface area (Å²) in [4.78, 5) is 11.0. The Kier molecular flexibility index (Phi) is 3.60. The molecule has 0 radical (unpaired) electrons. The average molecular weight is 262 g/mol. The van der Waals surface area contributed by atoms with E-state index in [1.807, 2.05) is 0 Å². The van der Waals surface area contributed by atoms with Crippen molar-refractivity contribution in [2.45, 2.75) is 0 Å². The highest BCUT2D eigenvalue weighted by molar-refractivity contribution is 6.31. The zero-order valence-electron chi connectivity index (χ0n) is 9.42. The van der Waals surface area contributed by atoms with Crippen LogP contribution < -0.4 is 9.47 Å². The molecule has 0 aliphatic carbocycles. The second kappa shape index (κ2) is 5.34. The Morgan fingerprint density at radius 2 is 1.94 bits per heavy atom. The maximum absolute atomic E-state index is 6.85. The van der Waals surface area contributed by atoms with Gasteiger partial charge in [-0.05, 0) is 12.1 Å². The molecule has 5 nitrogen and oxygen atoms in total. The fraction of sp³-hybridized carbons (Fsp3) is 0.0833. The minimum absolute atomic E-state index is 0.181. The molecule has 2 aromatic rings. The van der Waals surface area contributed by atoms with Crippen LogP contribution in [0.1, 0.15) is 0 Å². The first-order valence-electron chi connectivity index (χ1n) is 4.94. The summed E-state index contributed by atoms with van der Waals surface area (Å²) in [7, 11) is 1.46. The van der Waals surface area contributed by atoms with Crippen LogP contribution in [-0.2, 0) is 0 Å². The zero-order valence-corrected chi connectivity index (χ0v) is 10.2. The molecule has 0 bridgehead atoms. The lowest BCUT2D eigenvalue weighted by molar-refractivity contribution is 0.367. The van der Waals surface area contributed by atoms with Gasteiger partial charge in [-0.25, -0.2) is 9.83 Å². The van der Waals surface area contributed by atoms with Gasteiger partial charge < -0.3 is 9.47 Å². The highest BCUT2D eigenvalue weighted by Gasteiger charge is 2.12. The first kappa shape index (κ1) is 12.1. The van der Waals surface area contributed by atoms with Crippen LogP contribution in [0.4, 0.5) is 5.69 Å². The van der Waals surface area contributed by atoms with E-state index in [-0.39, 0.29) is 16.8 Å². The molecule has 6 heteroatoms. The summed E-state index contributed by atoms with van der Waals surface area (Å²) in [6.07, 6.45) is 1.29. The highest BCUT2D eigenvalue weighted by Crippen LogP contribution is 2.33. The van der Waals surface area contributed by atoms with Crippen molar-refractivity contribution in [1.82, 2.24) is 9.97 Å². The maximum Gasteiger partial charge on any atom is 0.267 e. The maximum atomic E-state index is 6.85. The Labute approximate surface area is 109 Å². The molecule has 0 aliphatic rings. The summed E-state index contributed by atoms with van der Waals surface area (Å²) >= 11 is 5.85. The van der Waals surface area contributed by atoms with Crippen LogP contribution in [0, 0.1) is 6.57 Å². The molecule has 0 atom stereocenters. The quantitative estimate of drug-likeness (QED) is 0.627. The number of ether oxygens (including phenoxy) is 2. The Balaban J connectivity index is 2.28. The molecule has 1 aromatic heterocycles. The first-order chi connectivity index (χ1) is 8.74. The molecule has 1 aromatic carbocycles. The smallest absolute Gasteiger partial charge is 0.267 e. The van der Waals surface area contributed by atoms with Crippen molar-refractivity contribution in [3.05, 3.63) is 47.2 Å². The van der Waals surface area contributed by atoms with Gasteiger partial charge in [0.05, 0.1) is 13.7 Å². The fourth-order valence-electron chi connectivity index (χ4n) is 1.28. The lowest BCUT2D eigenvalue weighted by atomic mass is 10.3. The molecule has 0 saturated carbocycles. The zero-order chi connectivity index (χ0) is 13.0. The van der Waals surface area contributed by atoms with E-state index < -0.39 is 0 Å². The monoisotopic (exact) mass is 261 g/mol. The van der Waals surface area contributed by atoms with Crippen LogP contribution >= 0.6 is 11.6 Å². The van der Waals surface area contributed by atoms with Crippen molar-refractivity contribution in [1.29, 1.82) is 0 Å². The third-order valence-electron chi connectivity index (χ3n) is 2.11. The van der Waals surface area contributed by atoms with E-state index in [0.717, 1.165) is 0 Å². The molecule has 0 aliphatic heterocycles. The number of benzene rings is 1. The van der Waals surface area contributed by atoms with E-state index >= 15 is 0 Å². The summed E-state index contributed by atoms with van der Waals surface area (Å²) in [6.45, 7) is 6.85. The van der Waals surface area contributed by atoms with E-state index in [0.29, 0.717) is 11.4 Å². The van der Waals surface area contributed by atoms with Crippen LogP contribution in [0.3, 0.4) is 0 Å². The number of methoxy groups -OCH3 is 1. The van der Waals surface area contributed by atoms with Gasteiger partial charge in [0.2, 0.25) is 5.75 Å². The van der Waals surface area contributed by atoms with Crippen molar-refractivity contribution >= 4 is 17.3 Å². The third kappa shape index (κ3) is 2.50. The van der Waals surface area contributed by atoms with Gasteiger partial charge >= 0.3 is 0 Å². The number of halogens is 1. The standard InChI is InChI=1S/C12H8ClN3O2/c1-14-8-3-5-9(6-4-8)18-12-10(17-2)11(13)15-7-16-12/h3-7H,2H3. The van der Waals surface area contributed by atoms with E-state index in [4.69, 9.17) is 27.6 Å². The minimum Gasteiger partial charge on any atom is -0.489 e. The highest BCUT2D eigenvalue weighted by atomic mass is 35.5. The summed E-state index contributed by atoms with van der Waals surface area (Å²) < 4.78 is 10.6. The predicted molar refractivity (Wildman–Crippen MR) is 66.4 cm³/mol. The van der Waals surface area contributed by atoms with Crippen LogP contribution in [0.2, 0.25) is 5.15 Å². The SMILES string of the molecule is [C-]#[N+]c1ccc(Oc2ncnc(Cl)c2OC)cc1. The first-order valence-corrected chi connectivity index (χ1v) is 5.32. The third-order valence-corrected chi connectivity index (χ3v) is 2.38. The molecule has 90 valence electrons. The molecule has 18 heavy (non-hydrogen) atoms. The van der Waals surface area contributed by atoms with Gasteiger partial charge in [0, 0.05) is 0 Å². The molecule has 0 amide bonds. The lowest BCUT2D eigenvalue weighted by Gasteiger charge is -2.09. The Hall–Kier alpha value is -2.32. The van der Waals surface area contributed by atoms with Crippen molar-refractivity contribution < 1.29 is 9.47 Å². The molecular formula is C12H8ClN3O2. The van der Waals surface area contributed by atoms with Crippen LogP contribution in [0.25, 0.3) is 4.85 Å². The van der Waals surface area contributed by atoms with Gasteiger partial charge in [0.1, 0.15) is 12.1 Å². The summed E-state index contributed by atoms with van der Waals surface area (Å²) in [5.74, 6) is 1.04. The number of rotatable bonds is 3. The van der Waals surface area contributed by atoms with E-state index in [1.54, 1.807) is 24.3 Å². The van der Waals surface area contributed by atoms with E-state index in [9.17, 15) is 0 Å². The molecule has 2 rings (SSSR count). The number of hydrogen-bond acceptors (Lipinski definition) is 4. The predicted octanol–water partition coefficient (Wildman–Crippen LogP) is 3.48. The number of aromatic nitrogens is 2. The molecular weight excluding hydrogens is 254 g/mol. The average Bonchev–Trinajstić information content (AvgIpc) is 2.40. The molecule has 0 spiro atoms. The second-order valence-electron chi connectivity index (χ2n) is 3.21. The fourth-order valence-corrected chi connectivity index (χ4v) is 1.48. The van der Waals surface area contributed by atoms with Gasteiger partial charge in [-0.1, -0.05) is 23.7 Å². The lowest BCUT2D eigenvalue weighted by Crippen LogP contribution is -1.95. The molecule has 0 unspecified atom stereocenters. The van der Waals surface area contributed by atoms with Crippen LogP contribution in [0.5, 0.6) is 17.4 Å². The summed E-state index contributed by atoms with van der Waals surface area (Å²) in [6, 6.07) is 6.64. The van der Waals surface area contributed by atoms with Crippen molar-refractivity contribution in [3.8, 4) is 17.4 Å². The summed E-state index contributed by atoms with van der Waals surface area (Å²) in [5.41, 5.74) is 0.537. The Bertz CT molecular complexity index is 593. The topological polar surface area (TPSA) is 48.6 Å². The number of hydrogen-bond donors (Lipinski definition) is 0. The Morgan fingerprint density at radius 3 is 2.56 bits per heavy atom. The van der Waals surface area contributed by atoms with Crippen molar-refractivity contribution in [2.75, 3.05) is 7.11 Å². The second-order valence-corrected chi connectivity index (χ2v) is 3.57. The van der Waals surface area contributed by atoms with Crippen LogP contribution in [0.15, 0.2) is 30.6 Å². The van der Waals surface area contributed by atoms with Gasteiger partial charge in [-0.15, -0.1) is 0 Å². The minimum atomic E-state index is 0.181. The van der Waals surface area contributed by atoms with Gasteiger partial charge in [0.25, 0.3) is 5.88 Å². The summed E-state index contributed by atoms with van der Waals surface area (Å²) in [5, 5.41) is 0.181. The van der Waals surface area contributed by atoms with E-state index in [2.05, 4.69) is 14.8 Å². The van der Waals surface area contributed by atoms with Crippen molar-refractivity contribution in [3.63, 3.8) is 0 Å². The van der Waals surface area contributed by atoms with Gasteiger partial charge in [-0.2, -0.15) is 4.98 Å². The molecule has 1 heterocycles. The van der Waals surface area contributed by atoms with Crippen molar-refractivity contribution in [2.24, 2.45) is 0 Å². The molecule has 0 saturated heterocycles.